The number of aliphatic hydroxyl groups is 1. The molecule has 4 aliphatic heterocycles. The number of amides is 1. The number of aryl methyl sites for hydroxylation is 1. The number of nitro groups is 1. The van der Waals surface area contributed by atoms with Crippen molar-refractivity contribution in [2.45, 2.75) is 100 Å². The molecule has 6 heterocycles. The number of carbonyl (C=O) groups is 1. The monoisotopic (exact) mass is 1010 g/mol. The first kappa shape index (κ1) is 48.4. The van der Waals surface area contributed by atoms with Crippen LogP contribution in [0.4, 0.5) is 32.8 Å². The maximum Gasteiger partial charge on any atom is 0.293 e. The van der Waals surface area contributed by atoms with Crippen molar-refractivity contribution in [3.05, 3.63) is 106 Å². The summed E-state index contributed by atoms with van der Waals surface area (Å²) in [7, 11) is -4.67. The van der Waals surface area contributed by atoms with Crippen molar-refractivity contribution in [2.75, 3.05) is 74.3 Å². The molecule has 3 aromatic carbocycles. The second kappa shape index (κ2) is 19.2. The van der Waals surface area contributed by atoms with E-state index in [-0.39, 0.29) is 58.5 Å². The number of aromatic nitrogens is 2. The van der Waals surface area contributed by atoms with E-state index < -0.39 is 42.9 Å². The predicted molar refractivity (Wildman–Crippen MR) is 270 cm³/mol. The van der Waals surface area contributed by atoms with Gasteiger partial charge in [0.05, 0.1) is 64.5 Å². The summed E-state index contributed by atoms with van der Waals surface area (Å²) < 4.78 is 64.4. The van der Waals surface area contributed by atoms with Crippen LogP contribution >= 0.6 is 0 Å². The van der Waals surface area contributed by atoms with Gasteiger partial charge in [-0.25, -0.2) is 17.5 Å². The highest BCUT2D eigenvalue weighted by Crippen LogP contribution is 2.53. The van der Waals surface area contributed by atoms with Crippen LogP contribution in [0.25, 0.3) is 11.0 Å². The van der Waals surface area contributed by atoms with Crippen LogP contribution in [-0.4, -0.2) is 116 Å². The fourth-order valence-electron chi connectivity index (χ4n) is 12.3. The minimum atomic E-state index is -4.67. The number of fused-ring (bicyclic) bond motifs is 3. The van der Waals surface area contributed by atoms with E-state index in [4.69, 9.17) is 19.2 Å². The average molecular weight is 1010 g/mol. The van der Waals surface area contributed by atoms with E-state index in [1.807, 2.05) is 17.0 Å². The van der Waals surface area contributed by atoms with Crippen molar-refractivity contribution >= 4 is 55.4 Å². The number of hydrogen-bond donors (Lipinski definition) is 4. The van der Waals surface area contributed by atoms with Crippen LogP contribution in [0, 0.1) is 40.1 Å². The molecule has 1 amide bonds. The largest absolute Gasteiger partial charge is 0.472 e. The number of nitrogens with one attached hydrogen (secondary N) is 3. The first-order chi connectivity index (χ1) is 34.6. The molecule has 0 radical (unpaired) electrons. The minimum absolute atomic E-state index is 0.0152. The average Bonchev–Trinajstić information content (AvgIpc) is 3.63. The third-order valence-corrected chi connectivity index (χ3v) is 18.0. The zero-order chi connectivity index (χ0) is 49.9. The van der Waals surface area contributed by atoms with E-state index in [9.17, 15) is 28.4 Å². The first-order valence-corrected chi connectivity index (χ1v) is 26.9. The van der Waals surface area contributed by atoms with E-state index in [0.29, 0.717) is 68.7 Å². The highest BCUT2D eigenvalue weighted by atomic mass is 32.2. The van der Waals surface area contributed by atoms with Crippen molar-refractivity contribution in [3.63, 3.8) is 0 Å². The number of benzene rings is 3. The summed E-state index contributed by atoms with van der Waals surface area (Å²) in [6.45, 7) is 9.38. The lowest BCUT2D eigenvalue weighted by Crippen LogP contribution is -2.57. The van der Waals surface area contributed by atoms with Crippen LogP contribution < -0.4 is 24.6 Å². The number of H-pyrrole nitrogens is 1. The fraction of sp³-hybridized carbons (Fsp3) is 0.509. The lowest BCUT2D eigenvalue weighted by molar-refractivity contribution is -0.384. The number of anilines is 4. The molecule has 2 aromatic heterocycles. The number of nitrogens with zero attached hydrogens (tertiary/aromatic N) is 5. The molecule has 3 saturated heterocycles. The van der Waals surface area contributed by atoms with Crippen LogP contribution in [0.1, 0.15) is 92.2 Å². The molecule has 0 unspecified atom stereocenters. The lowest BCUT2D eigenvalue weighted by atomic mass is 9.59. The Labute approximate surface area is 418 Å². The number of morpholine rings is 1. The molecule has 17 nitrogen and oxygen atoms in total. The van der Waals surface area contributed by atoms with Gasteiger partial charge in [0.1, 0.15) is 28.9 Å². The molecule has 5 fully saturated rings. The van der Waals surface area contributed by atoms with Crippen LogP contribution in [0.15, 0.2) is 77.8 Å². The Kier molecular flexibility index (Phi) is 12.9. The van der Waals surface area contributed by atoms with Gasteiger partial charge >= 0.3 is 0 Å². The molecule has 2 aliphatic carbocycles. The molecule has 4 N–H and O–H groups in total. The third kappa shape index (κ3) is 9.49. The van der Waals surface area contributed by atoms with Gasteiger partial charge in [0.25, 0.3) is 21.6 Å². The number of carbonyl (C=O) groups excluding carboxylic acids is 1. The summed E-state index contributed by atoms with van der Waals surface area (Å²) in [5.41, 5.74) is 3.72. The molecule has 3 atom stereocenters. The number of aromatic amines is 1. The summed E-state index contributed by atoms with van der Waals surface area (Å²) in [5.74, 6) is -1.24. The maximum atomic E-state index is 15.4. The standard InChI is InChI=1S/C53H63FN8O9S/c1-33-5-3-4-6-39(33)47-32-70-22-20-60(47)37-26-53(27-37)16-18-59(19-17-53)36-7-9-40(44(23-36)61-30-35-31-69-21-13-48(35)71-51-46(61)25-41-42(54)29-56-49(41)57-51)50(63)58-72(67,68)38-8-10-43(45(24-38)62(65)66)55-28-34-11-14-52(2,64)15-12-34/h3-10,23-25,29,34-35,37,47-48,55,64H,11-22,26-28,30-32H2,1-2H3,(H,56,57)(H,58,63)/t34?,35-,47-,48-,52?/m0/s1. The molecule has 0 bridgehead atoms. The molecule has 72 heavy (non-hydrogen) atoms. The van der Waals surface area contributed by atoms with Gasteiger partial charge < -0.3 is 39.4 Å². The highest BCUT2D eigenvalue weighted by molar-refractivity contribution is 7.90. The first-order valence-electron chi connectivity index (χ1n) is 25.4. The molecule has 5 aromatic rings. The number of halogens is 1. The Morgan fingerprint density at radius 1 is 0.972 bits per heavy atom. The number of ether oxygens (including phenoxy) is 3. The molecule has 2 saturated carbocycles. The number of rotatable bonds is 11. The third-order valence-electron chi connectivity index (χ3n) is 16.6. The summed E-state index contributed by atoms with van der Waals surface area (Å²) in [6.07, 6.45) is 8.45. The smallest absolute Gasteiger partial charge is 0.293 e. The van der Waals surface area contributed by atoms with Gasteiger partial charge in [0.15, 0.2) is 0 Å². The van der Waals surface area contributed by atoms with Crippen molar-refractivity contribution < 1.29 is 41.8 Å². The van der Waals surface area contributed by atoms with Crippen molar-refractivity contribution in [2.24, 2.45) is 17.3 Å². The van der Waals surface area contributed by atoms with Crippen molar-refractivity contribution in [3.8, 4) is 5.88 Å². The van der Waals surface area contributed by atoms with E-state index in [1.54, 1.807) is 19.1 Å². The molecule has 6 aliphatic rings. The molecule has 382 valence electrons. The summed E-state index contributed by atoms with van der Waals surface area (Å²) in [5, 5.41) is 26.1. The SMILES string of the molecule is Cc1ccccc1[C@@H]1COCCN1C1CC2(CCN(c3ccc(C(=O)NS(=O)(=O)c4ccc(NCC5CCC(C)(O)CC5)c([N+](=O)[O-])c4)c(N4C[C@H]5COCC[C@@H]5Oc5nc6[nH]cc(F)c6cc54)c3)CC2)C1. The van der Waals surface area contributed by atoms with Crippen molar-refractivity contribution in [1.29, 1.82) is 0 Å². The Hall–Kier alpha value is -5.86. The van der Waals surface area contributed by atoms with Crippen LogP contribution in [0.3, 0.4) is 0 Å². The van der Waals surface area contributed by atoms with Crippen molar-refractivity contribution in [1.82, 2.24) is 19.6 Å². The molecule has 1 spiro atoms. The summed E-state index contributed by atoms with van der Waals surface area (Å²) in [6, 6.07) is 19.8. The van der Waals surface area contributed by atoms with Gasteiger partial charge in [-0.15, -0.1) is 0 Å². The number of piperidine rings is 1. The number of sulfonamides is 1. The normalized spacial score (nSPS) is 25.7. The highest BCUT2D eigenvalue weighted by Gasteiger charge is 2.50. The Balaban J connectivity index is 0.878. The van der Waals surface area contributed by atoms with Gasteiger partial charge in [0, 0.05) is 69.1 Å². The van der Waals surface area contributed by atoms with E-state index in [2.05, 4.69) is 56.0 Å². The fourth-order valence-corrected chi connectivity index (χ4v) is 13.3. The van der Waals surface area contributed by atoms with E-state index >= 15 is 4.39 Å². The second-order valence-corrected chi connectivity index (χ2v) is 23.0. The zero-order valence-corrected chi connectivity index (χ0v) is 41.6. The quantitative estimate of drug-likeness (QED) is 0.0729. The minimum Gasteiger partial charge on any atom is -0.472 e. The van der Waals surface area contributed by atoms with Gasteiger partial charge in [0.2, 0.25) is 5.88 Å². The summed E-state index contributed by atoms with van der Waals surface area (Å²) in [4.78, 5) is 40.4. The maximum absolute atomic E-state index is 15.4. The molecular weight excluding hydrogens is 944 g/mol. The van der Waals surface area contributed by atoms with E-state index in [1.165, 1.54) is 29.5 Å². The summed E-state index contributed by atoms with van der Waals surface area (Å²) >= 11 is 0. The number of pyridine rings is 1. The Morgan fingerprint density at radius 3 is 2.53 bits per heavy atom. The zero-order valence-electron chi connectivity index (χ0n) is 40.8. The van der Waals surface area contributed by atoms with Gasteiger partial charge in [-0.1, -0.05) is 24.3 Å². The van der Waals surface area contributed by atoms with Crippen LogP contribution in [0.5, 0.6) is 5.88 Å². The predicted octanol–water partition coefficient (Wildman–Crippen LogP) is 8.15. The van der Waals surface area contributed by atoms with Gasteiger partial charge in [-0.05, 0) is 124 Å². The molecular formula is C53H63FN8O9S. The molecule has 11 rings (SSSR count). The topological polar surface area (TPSA) is 205 Å². The van der Waals surface area contributed by atoms with E-state index in [0.717, 1.165) is 76.5 Å². The molecule has 19 heteroatoms. The van der Waals surface area contributed by atoms with Gasteiger partial charge in [-0.3, -0.25) is 19.8 Å². The van der Waals surface area contributed by atoms with Gasteiger partial charge in [-0.2, -0.15) is 4.98 Å². The Morgan fingerprint density at radius 2 is 1.75 bits per heavy atom. The van der Waals surface area contributed by atoms with Crippen LogP contribution in [-0.2, 0) is 19.5 Å². The second-order valence-electron chi connectivity index (χ2n) is 21.4. The number of nitro benzene ring substituents is 1. The van der Waals surface area contributed by atoms with Crippen LogP contribution in [0.2, 0.25) is 0 Å². The number of hydrogen-bond acceptors (Lipinski definition) is 14. The Bertz CT molecular complexity index is 2980. The lowest BCUT2D eigenvalue weighted by Gasteiger charge is -2.57.